The number of nitrogens with zero attached hydrogens (tertiary/aromatic N) is 2. The van der Waals surface area contributed by atoms with Crippen LogP contribution in [-0.2, 0) is 10.0 Å². The maximum atomic E-state index is 12.7. The van der Waals surface area contributed by atoms with Gasteiger partial charge in [-0.05, 0) is 39.1 Å². The number of hydrogen-bond donors (Lipinski definition) is 1. The first-order valence-electron chi connectivity index (χ1n) is 6.41. The standard InChI is InChI=1S/C13H20ClN3O2S/c1-13(2)9-17(7-6-16(13)3)20(18,19)12-8-10(14)4-5-11(12)15/h4-5,8H,6-7,9,15H2,1-3H3. The number of likely N-dealkylation sites (N-methyl/N-ethyl adjacent to an activating group) is 1. The van der Waals surface area contributed by atoms with E-state index in [9.17, 15) is 8.42 Å². The molecule has 5 nitrogen and oxygen atoms in total. The minimum absolute atomic E-state index is 0.0883. The maximum Gasteiger partial charge on any atom is 0.245 e. The number of piperazine rings is 1. The lowest BCUT2D eigenvalue weighted by Crippen LogP contribution is -2.58. The van der Waals surface area contributed by atoms with Gasteiger partial charge in [-0.2, -0.15) is 4.31 Å². The molecule has 0 amide bonds. The Kier molecular flexibility index (Phi) is 4.03. The lowest BCUT2D eigenvalue weighted by molar-refractivity contribution is 0.0802. The topological polar surface area (TPSA) is 66.6 Å². The molecular formula is C13H20ClN3O2S. The second kappa shape index (κ2) is 5.18. The quantitative estimate of drug-likeness (QED) is 0.842. The van der Waals surface area contributed by atoms with Crippen LogP contribution in [0.1, 0.15) is 13.8 Å². The molecule has 0 atom stereocenters. The van der Waals surface area contributed by atoms with Crippen LogP contribution in [0.3, 0.4) is 0 Å². The number of sulfonamides is 1. The van der Waals surface area contributed by atoms with Crippen LogP contribution >= 0.6 is 11.6 Å². The molecule has 0 bridgehead atoms. The van der Waals surface area contributed by atoms with Crippen molar-refractivity contribution in [1.82, 2.24) is 9.21 Å². The van der Waals surface area contributed by atoms with Gasteiger partial charge in [0.05, 0.1) is 5.69 Å². The van der Waals surface area contributed by atoms with Gasteiger partial charge in [-0.25, -0.2) is 8.42 Å². The minimum atomic E-state index is -3.61. The fourth-order valence-corrected chi connectivity index (χ4v) is 4.24. The number of nitrogens with two attached hydrogens (primary N) is 1. The first-order valence-corrected chi connectivity index (χ1v) is 8.23. The highest BCUT2D eigenvalue weighted by atomic mass is 35.5. The van der Waals surface area contributed by atoms with E-state index in [0.717, 1.165) is 0 Å². The van der Waals surface area contributed by atoms with Crippen molar-refractivity contribution in [2.75, 3.05) is 32.4 Å². The molecule has 7 heteroatoms. The number of anilines is 1. The summed E-state index contributed by atoms with van der Waals surface area (Å²) in [6.45, 7) is 5.62. The van der Waals surface area contributed by atoms with Gasteiger partial charge in [0.2, 0.25) is 10.0 Å². The molecule has 0 aliphatic carbocycles. The molecule has 20 heavy (non-hydrogen) atoms. The van der Waals surface area contributed by atoms with Crippen molar-refractivity contribution >= 4 is 27.3 Å². The monoisotopic (exact) mass is 317 g/mol. The van der Waals surface area contributed by atoms with E-state index in [4.69, 9.17) is 17.3 Å². The Balaban J connectivity index is 2.38. The molecule has 1 aromatic rings. The SMILES string of the molecule is CN1CCN(S(=O)(=O)c2cc(Cl)ccc2N)CC1(C)C. The van der Waals surface area contributed by atoms with E-state index < -0.39 is 10.0 Å². The molecule has 1 fully saturated rings. The first-order chi connectivity index (χ1) is 9.14. The summed E-state index contributed by atoms with van der Waals surface area (Å²) in [7, 11) is -1.61. The Bertz CT molecular complexity index is 616. The molecule has 0 radical (unpaired) electrons. The van der Waals surface area contributed by atoms with Crippen LogP contribution in [0.25, 0.3) is 0 Å². The Morgan fingerprint density at radius 2 is 1.95 bits per heavy atom. The second-order valence-corrected chi connectivity index (χ2v) is 8.10. The van der Waals surface area contributed by atoms with Gasteiger partial charge in [-0.1, -0.05) is 11.6 Å². The molecule has 1 aliphatic rings. The van der Waals surface area contributed by atoms with Crippen molar-refractivity contribution in [3.8, 4) is 0 Å². The normalized spacial score (nSPS) is 21.0. The Morgan fingerprint density at radius 3 is 2.55 bits per heavy atom. The lowest BCUT2D eigenvalue weighted by Gasteiger charge is -2.44. The molecule has 1 aliphatic heterocycles. The number of hydrogen-bond acceptors (Lipinski definition) is 4. The Labute approximate surface area is 125 Å². The van der Waals surface area contributed by atoms with Crippen LogP contribution in [0.15, 0.2) is 23.1 Å². The molecule has 2 rings (SSSR count). The van der Waals surface area contributed by atoms with Gasteiger partial charge in [-0.3, -0.25) is 4.90 Å². The first kappa shape index (κ1) is 15.6. The molecule has 0 aromatic heterocycles. The van der Waals surface area contributed by atoms with E-state index in [-0.39, 0.29) is 16.1 Å². The van der Waals surface area contributed by atoms with Gasteiger partial charge in [0.25, 0.3) is 0 Å². The van der Waals surface area contributed by atoms with Crippen LogP contribution in [0, 0.1) is 0 Å². The Morgan fingerprint density at radius 1 is 1.30 bits per heavy atom. The molecule has 2 N–H and O–H groups in total. The van der Waals surface area contributed by atoms with Crippen LogP contribution in [0.4, 0.5) is 5.69 Å². The summed E-state index contributed by atoms with van der Waals surface area (Å²) < 4.78 is 26.9. The van der Waals surface area contributed by atoms with Gasteiger partial charge >= 0.3 is 0 Å². The highest BCUT2D eigenvalue weighted by Gasteiger charge is 2.37. The van der Waals surface area contributed by atoms with Crippen LogP contribution in [0.2, 0.25) is 5.02 Å². The highest BCUT2D eigenvalue weighted by Crippen LogP contribution is 2.29. The summed E-state index contributed by atoms with van der Waals surface area (Å²) in [5.41, 5.74) is 5.82. The molecule has 1 aromatic carbocycles. The van der Waals surface area contributed by atoms with E-state index in [1.165, 1.54) is 16.4 Å². The van der Waals surface area contributed by atoms with Gasteiger partial charge in [0.15, 0.2) is 0 Å². The van der Waals surface area contributed by atoms with Gasteiger partial charge < -0.3 is 5.73 Å². The number of benzene rings is 1. The largest absolute Gasteiger partial charge is 0.398 e. The van der Waals surface area contributed by atoms with Crippen molar-refractivity contribution in [2.24, 2.45) is 0 Å². The van der Waals surface area contributed by atoms with Crippen LogP contribution < -0.4 is 5.73 Å². The summed E-state index contributed by atoms with van der Waals surface area (Å²) >= 11 is 5.89. The van der Waals surface area contributed by atoms with E-state index >= 15 is 0 Å². The summed E-state index contributed by atoms with van der Waals surface area (Å²) in [6, 6.07) is 4.53. The molecule has 0 spiro atoms. The zero-order valence-corrected chi connectivity index (χ0v) is 13.5. The van der Waals surface area contributed by atoms with Crippen LogP contribution in [-0.4, -0.2) is 49.8 Å². The summed E-state index contributed by atoms with van der Waals surface area (Å²) in [5.74, 6) is 0. The third-order valence-electron chi connectivity index (χ3n) is 3.87. The van der Waals surface area contributed by atoms with Crippen molar-refractivity contribution in [3.05, 3.63) is 23.2 Å². The van der Waals surface area contributed by atoms with Gasteiger partial charge in [0.1, 0.15) is 4.90 Å². The molecule has 1 heterocycles. The average molecular weight is 318 g/mol. The third-order valence-corrected chi connectivity index (χ3v) is 6.01. The molecule has 1 saturated heterocycles. The Hall–Kier alpha value is -0.820. The molecule has 0 unspecified atom stereocenters. The number of rotatable bonds is 2. The fraction of sp³-hybridized carbons (Fsp3) is 0.538. The molecule has 0 saturated carbocycles. The zero-order valence-electron chi connectivity index (χ0n) is 11.9. The van der Waals surface area contributed by atoms with Crippen molar-refractivity contribution in [3.63, 3.8) is 0 Å². The lowest BCUT2D eigenvalue weighted by atomic mass is 10.0. The van der Waals surface area contributed by atoms with E-state index in [0.29, 0.717) is 24.7 Å². The summed E-state index contributed by atoms with van der Waals surface area (Å²) in [5, 5.41) is 0.367. The summed E-state index contributed by atoms with van der Waals surface area (Å²) in [6.07, 6.45) is 0. The van der Waals surface area contributed by atoms with E-state index in [1.54, 1.807) is 6.07 Å². The zero-order chi connectivity index (χ0) is 15.1. The number of halogens is 1. The smallest absolute Gasteiger partial charge is 0.245 e. The fourth-order valence-electron chi connectivity index (χ4n) is 2.27. The maximum absolute atomic E-state index is 12.7. The average Bonchev–Trinajstić information content (AvgIpc) is 2.35. The number of nitrogen functional groups attached to an aromatic ring is 1. The van der Waals surface area contributed by atoms with Crippen molar-refractivity contribution < 1.29 is 8.42 Å². The van der Waals surface area contributed by atoms with E-state index in [2.05, 4.69) is 4.90 Å². The van der Waals surface area contributed by atoms with Gasteiger partial charge in [0, 0.05) is 30.2 Å². The van der Waals surface area contributed by atoms with Crippen LogP contribution in [0.5, 0.6) is 0 Å². The van der Waals surface area contributed by atoms with E-state index in [1.807, 2.05) is 20.9 Å². The highest BCUT2D eigenvalue weighted by molar-refractivity contribution is 7.89. The van der Waals surface area contributed by atoms with Crippen molar-refractivity contribution in [1.29, 1.82) is 0 Å². The van der Waals surface area contributed by atoms with Gasteiger partial charge in [-0.15, -0.1) is 0 Å². The van der Waals surface area contributed by atoms with Crippen molar-refractivity contribution in [2.45, 2.75) is 24.3 Å². The predicted octanol–water partition coefficient (Wildman–Crippen LogP) is 1.64. The molecule has 112 valence electrons. The minimum Gasteiger partial charge on any atom is -0.398 e. The predicted molar refractivity (Wildman–Crippen MR) is 81.3 cm³/mol. The summed E-state index contributed by atoms with van der Waals surface area (Å²) in [4.78, 5) is 2.24. The molecular weight excluding hydrogens is 298 g/mol. The second-order valence-electron chi connectivity index (χ2n) is 5.75. The third kappa shape index (κ3) is 2.79.